The molecule has 0 atom stereocenters. The zero-order valence-electron chi connectivity index (χ0n) is 13.7. The number of phenolic OH excluding ortho intramolecular Hbond substituents is 1. The molecule has 2 rings (SSSR count). The van der Waals surface area contributed by atoms with E-state index in [0.717, 1.165) is 0 Å². The van der Waals surface area contributed by atoms with Crippen LogP contribution < -0.4 is 10.1 Å². The van der Waals surface area contributed by atoms with Crippen molar-refractivity contribution >= 4 is 17.5 Å². The van der Waals surface area contributed by atoms with Crippen LogP contribution in [0.15, 0.2) is 48.5 Å². The minimum absolute atomic E-state index is 0.103. The first kappa shape index (κ1) is 17.3. The summed E-state index contributed by atoms with van der Waals surface area (Å²) in [6.07, 6.45) is 0. The molecule has 6 nitrogen and oxygen atoms in total. The molecule has 2 aromatic rings. The number of carbonyl (C=O) groups excluding carboxylic acids is 2. The third kappa shape index (κ3) is 4.25. The maximum Gasteiger partial charge on any atom is 0.258 e. The van der Waals surface area contributed by atoms with Gasteiger partial charge < -0.3 is 20.1 Å². The van der Waals surface area contributed by atoms with Gasteiger partial charge in [0.05, 0.1) is 12.7 Å². The van der Waals surface area contributed by atoms with Gasteiger partial charge in [-0.1, -0.05) is 18.2 Å². The standard InChI is InChI=1S/C18H20N2O4/c1-3-20(18(23)15-9-4-5-10-16(15)21)12-17(22)19-13-7-6-8-14(11-13)24-2/h4-11,21H,3,12H2,1-2H3,(H,19,22). The number of carbonyl (C=O) groups is 2. The van der Waals surface area contributed by atoms with Crippen LogP contribution in [0.2, 0.25) is 0 Å². The number of likely N-dealkylation sites (N-methyl/N-ethyl adjacent to an activating group) is 1. The first-order chi connectivity index (χ1) is 11.5. The molecular weight excluding hydrogens is 308 g/mol. The summed E-state index contributed by atoms with van der Waals surface area (Å²) in [5.74, 6) is -0.190. The smallest absolute Gasteiger partial charge is 0.258 e. The molecule has 24 heavy (non-hydrogen) atoms. The average molecular weight is 328 g/mol. The first-order valence-corrected chi connectivity index (χ1v) is 7.56. The Labute approximate surface area is 140 Å². The van der Waals surface area contributed by atoms with Crippen molar-refractivity contribution in [3.63, 3.8) is 0 Å². The third-order valence-electron chi connectivity index (χ3n) is 3.49. The molecule has 6 heteroatoms. The maximum atomic E-state index is 12.5. The molecule has 0 saturated carbocycles. The van der Waals surface area contributed by atoms with Crippen molar-refractivity contribution in [2.75, 3.05) is 25.5 Å². The van der Waals surface area contributed by atoms with Crippen molar-refractivity contribution in [2.24, 2.45) is 0 Å². The molecule has 2 N–H and O–H groups in total. The number of amides is 2. The lowest BCUT2D eigenvalue weighted by Crippen LogP contribution is -2.37. The van der Waals surface area contributed by atoms with Crippen LogP contribution in [-0.2, 0) is 4.79 Å². The average Bonchev–Trinajstić information content (AvgIpc) is 2.59. The van der Waals surface area contributed by atoms with Gasteiger partial charge in [-0.15, -0.1) is 0 Å². The number of hydrogen-bond acceptors (Lipinski definition) is 4. The highest BCUT2D eigenvalue weighted by molar-refractivity contribution is 6.00. The van der Waals surface area contributed by atoms with Crippen molar-refractivity contribution in [1.82, 2.24) is 4.90 Å². The van der Waals surface area contributed by atoms with Crippen LogP contribution in [-0.4, -0.2) is 42.0 Å². The molecule has 2 aromatic carbocycles. The molecular formula is C18H20N2O4. The van der Waals surface area contributed by atoms with Crippen molar-refractivity contribution in [3.8, 4) is 11.5 Å². The molecule has 0 bridgehead atoms. The second-order valence-corrected chi connectivity index (χ2v) is 5.12. The second-order valence-electron chi connectivity index (χ2n) is 5.12. The van der Waals surface area contributed by atoms with E-state index in [-0.39, 0.29) is 23.8 Å². The van der Waals surface area contributed by atoms with Crippen LogP contribution in [0.25, 0.3) is 0 Å². The summed E-state index contributed by atoms with van der Waals surface area (Å²) in [6, 6.07) is 13.2. The Morgan fingerprint density at radius 3 is 2.58 bits per heavy atom. The number of nitrogens with zero attached hydrogens (tertiary/aromatic N) is 1. The number of para-hydroxylation sites is 1. The van der Waals surface area contributed by atoms with Crippen molar-refractivity contribution < 1.29 is 19.4 Å². The zero-order chi connectivity index (χ0) is 17.5. The summed E-state index contributed by atoms with van der Waals surface area (Å²) in [5, 5.41) is 12.5. The first-order valence-electron chi connectivity index (χ1n) is 7.56. The van der Waals surface area contributed by atoms with Crippen LogP contribution in [0.5, 0.6) is 11.5 Å². The fraction of sp³-hybridized carbons (Fsp3) is 0.222. The number of rotatable bonds is 6. The Hall–Kier alpha value is -3.02. The lowest BCUT2D eigenvalue weighted by Gasteiger charge is -2.21. The Morgan fingerprint density at radius 2 is 1.92 bits per heavy atom. The lowest BCUT2D eigenvalue weighted by atomic mass is 10.1. The fourth-order valence-corrected chi connectivity index (χ4v) is 2.23. The molecule has 0 fully saturated rings. The van der Waals surface area contributed by atoms with E-state index in [1.807, 2.05) is 0 Å². The van der Waals surface area contributed by atoms with Gasteiger partial charge in [-0.25, -0.2) is 0 Å². The van der Waals surface area contributed by atoms with Crippen molar-refractivity contribution in [2.45, 2.75) is 6.92 Å². The van der Waals surface area contributed by atoms with Gasteiger partial charge in [-0.2, -0.15) is 0 Å². The lowest BCUT2D eigenvalue weighted by molar-refractivity contribution is -0.116. The van der Waals surface area contributed by atoms with Gasteiger partial charge >= 0.3 is 0 Å². The largest absolute Gasteiger partial charge is 0.507 e. The van der Waals surface area contributed by atoms with Crippen LogP contribution in [0, 0.1) is 0 Å². The number of methoxy groups -OCH3 is 1. The molecule has 0 radical (unpaired) electrons. The molecule has 0 aliphatic rings. The number of aromatic hydroxyl groups is 1. The summed E-state index contributed by atoms with van der Waals surface area (Å²) in [5.41, 5.74) is 0.763. The third-order valence-corrected chi connectivity index (χ3v) is 3.49. The molecule has 0 spiro atoms. The number of phenols is 1. The van der Waals surface area contributed by atoms with E-state index >= 15 is 0 Å². The molecule has 0 unspecified atom stereocenters. The highest BCUT2D eigenvalue weighted by Crippen LogP contribution is 2.19. The molecule has 0 heterocycles. The maximum absolute atomic E-state index is 12.5. The summed E-state index contributed by atoms with van der Waals surface area (Å²) >= 11 is 0. The molecule has 0 aromatic heterocycles. The number of anilines is 1. The summed E-state index contributed by atoms with van der Waals surface area (Å²) in [6.45, 7) is 2.01. The summed E-state index contributed by atoms with van der Waals surface area (Å²) in [7, 11) is 1.55. The monoisotopic (exact) mass is 328 g/mol. The molecule has 0 aliphatic carbocycles. The predicted octanol–water partition coefficient (Wildman–Crippen LogP) is 2.50. The van der Waals surface area contributed by atoms with Gasteiger partial charge in [-0.3, -0.25) is 9.59 Å². The number of ether oxygens (including phenoxy) is 1. The Kier molecular flexibility index (Phi) is 5.78. The Bertz CT molecular complexity index is 730. The topological polar surface area (TPSA) is 78.9 Å². The number of hydrogen-bond donors (Lipinski definition) is 2. The summed E-state index contributed by atoms with van der Waals surface area (Å²) in [4.78, 5) is 26.0. The van der Waals surface area contributed by atoms with E-state index < -0.39 is 5.91 Å². The minimum atomic E-state index is -0.392. The zero-order valence-corrected chi connectivity index (χ0v) is 13.7. The summed E-state index contributed by atoms with van der Waals surface area (Å²) < 4.78 is 5.10. The van der Waals surface area contributed by atoms with Crippen molar-refractivity contribution in [3.05, 3.63) is 54.1 Å². The van der Waals surface area contributed by atoms with E-state index in [1.165, 1.54) is 17.0 Å². The quantitative estimate of drug-likeness (QED) is 0.854. The number of nitrogens with one attached hydrogen (secondary N) is 1. The molecule has 126 valence electrons. The highest BCUT2D eigenvalue weighted by Gasteiger charge is 2.19. The SMILES string of the molecule is CCN(CC(=O)Nc1cccc(OC)c1)C(=O)c1ccccc1O. The Morgan fingerprint density at radius 1 is 1.17 bits per heavy atom. The van der Waals surface area contributed by atoms with E-state index in [1.54, 1.807) is 50.4 Å². The van der Waals surface area contributed by atoms with Gasteiger partial charge in [-0.05, 0) is 31.2 Å². The van der Waals surface area contributed by atoms with Crippen LogP contribution >= 0.6 is 0 Å². The predicted molar refractivity (Wildman–Crippen MR) is 91.3 cm³/mol. The van der Waals surface area contributed by atoms with Crippen LogP contribution in [0.1, 0.15) is 17.3 Å². The normalized spacial score (nSPS) is 10.1. The van der Waals surface area contributed by atoms with E-state index in [9.17, 15) is 14.7 Å². The van der Waals surface area contributed by atoms with Gasteiger partial charge in [0.25, 0.3) is 5.91 Å². The van der Waals surface area contributed by atoms with E-state index in [0.29, 0.717) is 18.0 Å². The van der Waals surface area contributed by atoms with Gasteiger partial charge in [0.1, 0.15) is 18.0 Å². The van der Waals surface area contributed by atoms with Crippen LogP contribution in [0.4, 0.5) is 5.69 Å². The molecule has 0 aliphatic heterocycles. The highest BCUT2D eigenvalue weighted by atomic mass is 16.5. The molecule has 0 saturated heterocycles. The van der Waals surface area contributed by atoms with E-state index in [2.05, 4.69) is 5.32 Å². The van der Waals surface area contributed by atoms with Crippen LogP contribution in [0.3, 0.4) is 0 Å². The van der Waals surface area contributed by atoms with Gasteiger partial charge in [0.2, 0.25) is 5.91 Å². The second kappa shape index (κ2) is 8.01. The van der Waals surface area contributed by atoms with E-state index in [4.69, 9.17) is 4.74 Å². The van der Waals surface area contributed by atoms with Gasteiger partial charge in [0.15, 0.2) is 0 Å². The fourth-order valence-electron chi connectivity index (χ4n) is 2.23. The number of benzene rings is 2. The van der Waals surface area contributed by atoms with Crippen molar-refractivity contribution in [1.29, 1.82) is 0 Å². The molecule has 2 amide bonds. The van der Waals surface area contributed by atoms with Gasteiger partial charge in [0, 0.05) is 18.3 Å². The Balaban J connectivity index is 2.05. The minimum Gasteiger partial charge on any atom is -0.507 e.